The van der Waals surface area contributed by atoms with Crippen LogP contribution in [0.5, 0.6) is 17.2 Å². The average molecular weight is 327 g/mol. The van der Waals surface area contributed by atoms with Gasteiger partial charge in [0.15, 0.2) is 18.1 Å². The Bertz CT molecular complexity index is 488. The first-order chi connectivity index (χ1) is 11.2. The van der Waals surface area contributed by atoms with Crippen LogP contribution < -0.4 is 14.2 Å². The Morgan fingerprint density at radius 3 is 2.30 bits per heavy atom. The Kier molecular flexibility index (Phi) is 8.86. The van der Waals surface area contributed by atoms with E-state index in [2.05, 4.69) is 6.92 Å². The highest BCUT2D eigenvalue weighted by Gasteiger charge is 2.19. The molecule has 0 spiro atoms. The van der Waals surface area contributed by atoms with E-state index in [1.54, 1.807) is 0 Å². The fourth-order valence-corrected chi connectivity index (χ4v) is 1.72. The van der Waals surface area contributed by atoms with E-state index < -0.39 is 5.97 Å². The van der Waals surface area contributed by atoms with Crippen molar-refractivity contribution >= 4 is 5.97 Å². The molecule has 0 heterocycles. The van der Waals surface area contributed by atoms with Crippen molar-refractivity contribution in [2.45, 2.75) is 19.8 Å². The third-order valence-electron chi connectivity index (χ3n) is 2.95. The van der Waals surface area contributed by atoms with E-state index in [1.165, 1.54) is 40.1 Å². The van der Waals surface area contributed by atoms with Gasteiger partial charge in [0.1, 0.15) is 11.3 Å². The Hall–Kier alpha value is -1.99. The molecule has 0 N–H and O–H groups in total. The molecule has 0 aliphatic heterocycles. The van der Waals surface area contributed by atoms with E-state index in [4.69, 9.17) is 28.7 Å². The lowest BCUT2D eigenvalue weighted by Crippen LogP contribution is -2.09. The van der Waals surface area contributed by atoms with Crippen molar-refractivity contribution in [1.29, 1.82) is 0 Å². The van der Waals surface area contributed by atoms with E-state index in [1.807, 2.05) is 0 Å². The number of hydrogen-bond acceptors (Lipinski definition) is 7. The number of methoxy groups -OCH3 is 3. The molecule has 7 nitrogen and oxygen atoms in total. The first-order valence-corrected chi connectivity index (χ1v) is 7.25. The highest BCUT2D eigenvalue weighted by molar-refractivity contribution is 5.93. The van der Waals surface area contributed by atoms with Crippen molar-refractivity contribution < 1.29 is 33.5 Å². The zero-order chi connectivity index (χ0) is 17.1. The van der Waals surface area contributed by atoms with Crippen LogP contribution in [0.15, 0.2) is 12.1 Å². The first-order valence-electron chi connectivity index (χ1n) is 7.25. The second kappa shape index (κ2) is 10.7. The summed E-state index contributed by atoms with van der Waals surface area (Å²) in [5.41, 5.74) is 0.158. The maximum Gasteiger partial charge on any atom is 0.376 e. The van der Waals surface area contributed by atoms with E-state index in [-0.39, 0.29) is 17.9 Å². The SMILES string of the molecule is CCCCOC[CH]OOC(=O)c1cc(OC)c(OC)cc1OC. The Balaban J connectivity index is 2.58. The predicted molar refractivity (Wildman–Crippen MR) is 82.6 cm³/mol. The molecule has 1 aromatic carbocycles. The van der Waals surface area contributed by atoms with E-state index in [0.29, 0.717) is 18.1 Å². The van der Waals surface area contributed by atoms with Crippen molar-refractivity contribution in [1.82, 2.24) is 0 Å². The molecular formula is C16H23O7. The van der Waals surface area contributed by atoms with Crippen LogP contribution in [-0.2, 0) is 14.5 Å². The van der Waals surface area contributed by atoms with Gasteiger partial charge in [-0.2, -0.15) is 4.89 Å². The van der Waals surface area contributed by atoms with Crippen LogP contribution >= 0.6 is 0 Å². The van der Waals surface area contributed by atoms with Crippen LogP contribution in [0.25, 0.3) is 0 Å². The molecule has 0 aliphatic carbocycles. The van der Waals surface area contributed by atoms with Gasteiger partial charge in [0.25, 0.3) is 0 Å². The number of rotatable bonds is 11. The van der Waals surface area contributed by atoms with Crippen LogP contribution in [0.2, 0.25) is 0 Å². The summed E-state index contributed by atoms with van der Waals surface area (Å²) in [6.07, 6.45) is 2.02. The third kappa shape index (κ3) is 5.96. The fourth-order valence-electron chi connectivity index (χ4n) is 1.72. The van der Waals surface area contributed by atoms with Crippen LogP contribution in [0.3, 0.4) is 0 Å². The van der Waals surface area contributed by atoms with E-state index in [9.17, 15) is 4.79 Å². The number of hydrogen-bond donors (Lipinski definition) is 0. The lowest BCUT2D eigenvalue weighted by molar-refractivity contribution is -0.218. The molecule has 1 rings (SSSR count). The molecule has 0 unspecified atom stereocenters. The van der Waals surface area contributed by atoms with Gasteiger partial charge in [0.05, 0.1) is 27.9 Å². The quantitative estimate of drug-likeness (QED) is 0.351. The highest BCUT2D eigenvalue weighted by atomic mass is 17.2. The maximum absolute atomic E-state index is 12.0. The maximum atomic E-state index is 12.0. The third-order valence-corrected chi connectivity index (χ3v) is 2.95. The molecule has 0 saturated heterocycles. The summed E-state index contributed by atoms with van der Waals surface area (Å²) < 4.78 is 20.7. The zero-order valence-corrected chi connectivity index (χ0v) is 13.9. The zero-order valence-electron chi connectivity index (χ0n) is 13.9. The summed E-state index contributed by atoms with van der Waals surface area (Å²) in [5, 5.41) is 0. The second-order valence-corrected chi connectivity index (χ2v) is 4.47. The molecule has 0 aliphatic rings. The molecule has 7 heteroatoms. The van der Waals surface area contributed by atoms with Gasteiger partial charge in [-0.25, -0.2) is 4.79 Å². The van der Waals surface area contributed by atoms with Gasteiger partial charge in [-0.15, -0.1) is 0 Å². The Labute approximate surface area is 136 Å². The van der Waals surface area contributed by atoms with Crippen molar-refractivity contribution in [3.05, 3.63) is 24.3 Å². The van der Waals surface area contributed by atoms with Gasteiger partial charge < -0.3 is 18.9 Å². The molecule has 129 valence electrons. The van der Waals surface area contributed by atoms with Crippen molar-refractivity contribution in [2.24, 2.45) is 0 Å². The largest absolute Gasteiger partial charge is 0.496 e. The monoisotopic (exact) mass is 327 g/mol. The van der Waals surface area contributed by atoms with Crippen LogP contribution in [0.4, 0.5) is 0 Å². The smallest absolute Gasteiger partial charge is 0.376 e. The van der Waals surface area contributed by atoms with Gasteiger partial charge in [0, 0.05) is 18.7 Å². The van der Waals surface area contributed by atoms with Gasteiger partial charge in [-0.3, -0.25) is 4.89 Å². The second-order valence-electron chi connectivity index (χ2n) is 4.47. The molecule has 0 atom stereocenters. The van der Waals surface area contributed by atoms with E-state index in [0.717, 1.165) is 12.8 Å². The van der Waals surface area contributed by atoms with Crippen molar-refractivity contribution in [3.8, 4) is 17.2 Å². The molecule has 0 bridgehead atoms. The van der Waals surface area contributed by atoms with Crippen LogP contribution in [0, 0.1) is 6.61 Å². The first kappa shape index (κ1) is 19.1. The van der Waals surface area contributed by atoms with E-state index >= 15 is 0 Å². The molecule has 1 radical (unpaired) electrons. The molecular weight excluding hydrogens is 304 g/mol. The number of ether oxygens (including phenoxy) is 4. The number of benzene rings is 1. The summed E-state index contributed by atoms with van der Waals surface area (Å²) >= 11 is 0. The Morgan fingerprint density at radius 1 is 1.04 bits per heavy atom. The average Bonchev–Trinajstić information content (AvgIpc) is 2.59. The summed E-state index contributed by atoms with van der Waals surface area (Å²) in [6.45, 7) is 4.20. The number of carbonyl (C=O) groups is 1. The minimum Gasteiger partial charge on any atom is -0.496 e. The molecule has 0 fully saturated rings. The summed E-state index contributed by atoms with van der Waals surface area (Å²) in [7, 11) is 4.40. The van der Waals surface area contributed by atoms with Gasteiger partial charge in [0.2, 0.25) is 0 Å². The fraction of sp³-hybridized carbons (Fsp3) is 0.500. The number of carbonyl (C=O) groups excluding carboxylic acids is 1. The van der Waals surface area contributed by atoms with Crippen LogP contribution in [-0.4, -0.2) is 40.5 Å². The molecule has 0 saturated carbocycles. The normalized spacial score (nSPS) is 10.3. The summed E-state index contributed by atoms with van der Waals surface area (Å²) in [4.78, 5) is 21.5. The molecule has 1 aromatic rings. The summed E-state index contributed by atoms with van der Waals surface area (Å²) in [5.74, 6) is 0.396. The molecule has 23 heavy (non-hydrogen) atoms. The predicted octanol–water partition coefficient (Wildman–Crippen LogP) is 2.78. The van der Waals surface area contributed by atoms with Crippen LogP contribution in [0.1, 0.15) is 30.1 Å². The minimum absolute atomic E-state index is 0.158. The van der Waals surface area contributed by atoms with Crippen molar-refractivity contribution in [2.75, 3.05) is 34.5 Å². The van der Waals surface area contributed by atoms with Crippen molar-refractivity contribution in [3.63, 3.8) is 0 Å². The lowest BCUT2D eigenvalue weighted by Gasteiger charge is -2.13. The molecule has 0 amide bonds. The Morgan fingerprint density at radius 2 is 1.70 bits per heavy atom. The van der Waals surface area contributed by atoms with Gasteiger partial charge in [-0.05, 0) is 6.42 Å². The summed E-state index contributed by atoms with van der Waals surface area (Å²) in [6, 6.07) is 2.99. The van der Waals surface area contributed by atoms with Gasteiger partial charge >= 0.3 is 5.97 Å². The van der Waals surface area contributed by atoms with Gasteiger partial charge in [-0.1, -0.05) is 13.3 Å². The molecule has 0 aromatic heterocycles. The number of unbranched alkanes of at least 4 members (excludes halogenated alkanes) is 1. The topological polar surface area (TPSA) is 72.5 Å². The standard InChI is InChI=1S/C16H23O7/c1-5-6-7-21-8-9-22-23-16(17)12-10-14(19-3)15(20-4)11-13(12)18-2/h9-11H,5-8H2,1-4H3. The minimum atomic E-state index is -0.715. The lowest BCUT2D eigenvalue weighted by atomic mass is 10.1. The highest BCUT2D eigenvalue weighted by Crippen LogP contribution is 2.34.